The number of rotatable bonds is 6. The molecule has 0 radical (unpaired) electrons. The lowest BCUT2D eigenvalue weighted by Gasteiger charge is -2.22. The molecule has 2 N–H and O–H groups in total. The van der Waals surface area contributed by atoms with Gasteiger partial charge in [0.15, 0.2) is 0 Å². The van der Waals surface area contributed by atoms with Gasteiger partial charge in [-0.25, -0.2) is 0 Å². The molecule has 0 bridgehead atoms. The van der Waals surface area contributed by atoms with Crippen LogP contribution in [0, 0.1) is 0 Å². The molecule has 0 heterocycles. The van der Waals surface area contributed by atoms with E-state index in [1.807, 2.05) is 32.0 Å². The highest BCUT2D eigenvalue weighted by molar-refractivity contribution is 5.31. The number of nitrogens with one attached hydrogen (secondary N) is 1. The molecule has 2 rings (SSSR count). The van der Waals surface area contributed by atoms with Gasteiger partial charge in [0.25, 0.3) is 0 Å². The van der Waals surface area contributed by atoms with E-state index in [0.29, 0.717) is 6.04 Å². The monoisotopic (exact) mass is 263 g/mol. The van der Waals surface area contributed by atoms with Gasteiger partial charge in [0.1, 0.15) is 5.75 Å². The molecule has 0 amide bonds. The Bertz CT molecular complexity index is 386. The summed E-state index contributed by atoms with van der Waals surface area (Å²) in [5.41, 5.74) is 1.10. The van der Waals surface area contributed by atoms with Gasteiger partial charge in [0.2, 0.25) is 0 Å². The maximum atomic E-state index is 9.61. The van der Waals surface area contributed by atoms with Gasteiger partial charge in [-0.2, -0.15) is 0 Å². The van der Waals surface area contributed by atoms with Crippen molar-refractivity contribution in [2.24, 2.45) is 0 Å². The molecule has 0 aliphatic heterocycles. The fraction of sp³-hybridized carbons (Fsp3) is 0.625. The molecule has 3 heteroatoms. The fourth-order valence-electron chi connectivity index (χ4n) is 2.71. The van der Waals surface area contributed by atoms with Crippen molar-refractivity contribution in [1.29, 1.82) is 0 Å². The fourth-order valence-corrected chi connectivity index (χ4v) is 2.71. The van der Waals surface area contributed by atoms with Gasteiger partial charge in [-0.15, -0.1) is 0 Å². The number of aliphatic hydroxyl groups excluding tert-OH is 1. The molecule has 0 spiro atoms. The van der Waals surface area contributed by atoms with Crippen LogP contribution in [0.4, 0.5) is 0 Å². The summed E-state index contributed by atoms with van der Waals surface area (Å²) in [4.78, 5) is 0. The predicted octanol–water partition coefficient (Wildman–Crippen LogP) is 3.04. The summed E-state index contributed by atoms with van der Waals surface area (Å²) in [7, 11) is 0. The summed E-state index contributed by atoms with van der Waals surface area (Å²) in [6, 6.07) is 8.60. The van der Waals surface area contributed by atoms with Crippen molar-refractivity contribution in [3.63, 3.8) is 0 Å². The van der Waals surface area contributed by atoms with E-state index in [2.05, 4.69) is 11.4 Å². The van der Waals surface area contributed by atoms with Crippen molar-refractivity contribution in [1.82, 2.24) is 5.32 Å². The molecule has 1 aliphatic rings. The zero-order valence-electron chi connectivity index (χ0n) is 11.9. The first kappa shape index (κ1) is 14.4. The third-order valence-electron chi connectivity index (χ3n) is 3.61. The molecule has 1 aliphatic carbocycles. The van der Waals surface area contributed by atoms with Crippen LogP contribution in [0.2, 0.25) is 0 Å². The highest BCUT2D eigenvalue weighted by atomic mass is 16.5. The summed E-state index contributed by atoms with van der Waals surface area (Å²) in [6.07, 6.45) is 5.21. The van der Waals surface area contributed by atoms with Crippen LogP contribution in [0.1, 0.15) is 51.1 Å². The Labute approximate surface area is 116 Å². The highest BCUT2D eigenvalue weighted by Crippen LogP contribution is 2.24. The molecule has 1 aromatic rings. The molecule has 1 atom stereocenters. The minimum atomic E-state index is 0.0128. The van der Waals surface area contributed by atoms with Crippen LogP contribution in [0.3, 0.4) is 0 Å². The minimum absolute atomic E-state index is 0.0128. The van der Waals surface area contributed by atoms with Crippen LogP contribution in [-0.4, -0.2) is 23.9 Å². The van der Waals surface area contributed by atoms with E-state index in [4.69, 9.17) is 4.74 Å². The lowest BCUT2D eigenvalue weighted by molar-refractivity contribution is 0.229. The van der Waals surface area contributed by atoms with Gasteiger partial charge in [-0.3, -0.25) is 0 Å². The normalized spacial score (nSPS) is 17.9. The Morgan fingerprint density at radius 1 is 1.32 bits per heavy atom. The van der Waals surface area contributed by atoms with Crippen molar-refractivity contribution < 1.29 is 9.84 Å². The number of hydrogen-bond donors (Lipinski definition) is 2. The molecule has 106 valence electrons. The highest BCUT2D eigenvalue weighted by Gasteiger charge is 2.20. The molecule has 1 saturated carbocycles. The van der Waals surface area contributed by atoms with E-state index >= 15 is 0 Å². The number of hydrogen-bond acceptors (Lipinski definition) is 3. The van der Waals surface area contributed by atoms with Crippen molar-refractivity contribution >= 4 is 0 Å². The van der Waals surface area contributed by atoms with Gasteiger partial charge in [0, 0.05) is 6.04 Å². The average Bonchev–Trinajstić information content (AvgIpc) is 2.88. The number of aliphatic hydroxyl groups is 1. The molecule has 1 fully saturated rings. The van der Waals surface area contributed by atoms with Crippen LogP contribution >= 0.6 is 0 Å². The largest absolute Gasteiger partial charge is 0.491 e. The maximum Gasteiger partial charge on any atom is 0.120 e. The second-order valence-electron chi connectivity index (χ2n) is 5.62. The Hall–Kier alpha value is -1.06. The molecule has 19 heavy (non-hydrogen) atoms. The van der Waals surface area contributed by atoms with Crippen molar-refractivity contribution in [2.45, 2.75) is 57.7 Å². The quantitative estimate of drug-likeness (QED) is 0.829. The Morgan fingerprint density at radius 3 is 2.68 bits per heavy atom. The Morgan fingerprint density at radius 2 is 2.05 bits per heavy atom. The standard InChI is InChI=1S/C16H25NO2/c1-12(2)19-15-9-5-6-13(10-15)16(11-18)17-14-7-3-4-8-14/h5-6,9-10,12,14,16-18H,3-4,7-8,11H2,1-2H3. The molecule has 1 unspecified atom stereocenters. The van der Waals surface area contributed by atoms with E-state index in [-0.39, 0.29) is 18.8 Å². The smallest absolute Gasteiger partial charge is 0.120 e. The predicted molar refractivity (Wildman–Crippen MR) is 77.4 cm³/mol. The van der Waals surface area contributed by atoms with Crippen LogP contribution in [0.25, 0.3) is 0 Å². The molecule has 1 aromatic carbocycles. The molecular formula is C16H25NO2. The summed E-state index contributed by atoms with van der Waals surface area (Å²) in [6.45, 7) is 4.17. The van der Waals surface area contributed by atoms with E-state index in [1.165, 1.54) is 25.7 Å². The number of benzene rings is 1. The van der Waals surface area contributed by atoms with Crippen LogP contribution < -0.4 is 10.1 Å². The van der Waals surface area contributed by atoms with E-state index in [0.717, 1.165) is 11.3 Å². The SMILES string of the molecule is CC(C)Oc1cccc(C(CO)NC2CCCC2)c1. The van der Waals surface area contributed by atoms with E-state index < -0.39 is 0 Å². The Balaban J connectivity index is 2.04. The average molecular weight is 263 g/mol. The summed E-state index contributed by atoms with van der Waals surface area (Å²) in [5.74, 6) is 0.874. The zero-order chi connectivity index (χ0) is 13.7. The Kier molecular flexibility index (Phi) is 5.23. The zero-order valence-corrected chi connectivity index (χ0v) is 11.9. The summed E-state index contributed by atoms with van der Waals surface area (Å²) in [5, 5.41) is 13.2. The van der Waals surface area contributed by atoms with Crippen molar-refractivity contribution in [3.8, 4) is 5.75 Å². The summed E-state index contributed by atoms with van der Waals surface area (Å²) < 4.78 is 5.71. The first-order valence-electron chi connectivity index (χ1n) is 7.32. The summed E-state index contributed by atoms with van der Waals surface area (Å²) >= 11 is 0. The second kappa shape index (κ2) is 6.92. The van der Waals surface area contributed by atoms with Crippen molar-refractivity contribution in [3.05, 3.63) is 29.8 Å². The van der Waals surface area contributed by atoms with Gasteiger partial charge in [-0.05, 0) is 44.4 Å². The van der Waals surface area contributed by atoms with Gasteiger partial charge < -0.3 is 15.2 Å². The first-order chi connectivity index (χ1) is 9.19. The lowest BCUT2D eigenvalue weighted by atomic mass is 10.1. The van der Waals surface area contributed by atoms with E-state index in [1.54, 1.807) is 0 Å². The topological polar surface area (TPSA) is 41.5 Å². The van der Waals surface area contributed by atoms with Crippen molar-refractivity contribution in [2.75, 3.05) is 6.61 Å². The molecule has 3 nitrogen and oxygen atoms in total. The van der Waals surface area contributed by atoms with E-state index in [9.17, 15) is 5.11 Å². The van der Waals surface area contributed by atoms with Gasteiger partial charge in [-0.1, -0.05) is 25.0 Å². The lowest BCUT2D eigenvalue weighted by Crippen LogP contribution is -2.32. The van der Waals surface area contributed by atoms with Crippen LogP contribution in [0.15, 0.2) is 24.3 Å². The number of ether oxygens (including phenoxy) is 1. The molecular weight excluding hydrogens is 238 g/mol. The third-order valence-corrected chi connectivity index (χ3v) is 3.61. The first-order valence-corrected chi connectivity index (χ1v) is 7.32. The second-order valence-corrected chi connectivity index (χ2v) is 5.62. The molecule has 0 aromatic heterocycles. The van der Waals surface area contributed by atoms with Crippen LogP contribution in [-0.2, 0) is 0 Å². The third kappa shape index (κ3) is 4.22. The van der Waals surface area contributed by atoms with Crippen LogP contribution in [0.5, 0.6) is 5.75 Å². The maximum absolute atomic E-state index is 9.61. The van der Waals surface area contributed by atoms with Gasteiger partial charge >= 0.3 is 0 Å². The molecule has 0 saturated heterocycles. The minimum Gasteiger partial charge on any atom is -0.491 e. The van der Waals surface area contributed by atoms with Gasteiger partial charge in [0.05, 0.1) is 18.8 Å².